The van der Waals surface area contributed by atoms with Crippen molar-refractivity contribution in [3.8, 4) is 0 Å². The van der Waals surface area contributed by atoms with Gasteiger partial charge in [-0.15, -0.1) is 0 Å². The van der Waals surface area contributed by atoms with Crippen molar-refractivity contribution >= 4 is 53.5 Å². The fourth-order valence-electron chi connectivity index (χ4n) is 11.5. The monoisotopic (exact) mass is 1310 g/mol. The van der Waals surface area contributed by atoms with Crippen LogP contribution in [0.25, 0.3) is 0 Å². The van der Waals surface area contributed by atoms with Gasteiger partial charge in [-0.05, 0) is 78.1 Å². The minimum Gasteiger partial charge on any atom is -0.459 e. The van der Waals surface area contributed by atoms with Crippen molar-refractivity contribution in [1.82, 2.24) is 21.3 Å². The van der Waals surface area contributed by atoms with Crippen LogP contribution >= 0.6 is 0 Å². The fourth-order valence-corrected chi connectivity index (χ4v) is 11.5. The summed E-state index contributed by atoms with van der Waals surface area (Å²) in [6, 6.07) is 0. The molecule has 516 valence electrons. The van der Waals surface area contributed by atoms with Crippen LogP contribution in [0.1, 0.15) is 155 Å². The Morgan fingerprint density at radius 2 is 0.685 bits per heavy atom. The standard InChI is InChI=1S/C20H29NO7.2C15H23NO6.C13H19NO6/c1-13(2)10-17(23)28-15-12-20(26)11-14(18(15)24)27-16(22)8-6-4-3-5-7-9-21-19(20)25;2*17-10-8-15(21)9-11(13(10)19)22-12(18)6-4-2-1-3-5-7-16-14(15)20;15-8-6-13(19)7-9(11(8)17)20-10(16)4-2-1-3-5-14-12(13)18/h5,7,10,14-15,18,24,26H,3-4,6,8-9,11-12H2,1-2H3,(H,21,25);2*3,5,10-11,13,17,19,21H,1-2,4,6-9H2,(H,16,20);1,3,8-9,11,15,17,19H,2,4-7H2,(H,14,18)/b7-5-;5-3+;5-3-;3-1-/t14-,15-,18+,20-;2*10-,11-,13-,15+;8-,9-,11-,13+/m1111/s1. The lowest BCUT2D eigenvalue weighted by Gasteiger charge is -2.41. The molecule has 8 bridgehead atoms. The van der Waals surface area contributed by atoms with Gasteiger partial charge in [0.05, 0.1) is 18.3 Å². The number of carbonyl (C=O) groups excluding carboxylic acids is 9. The first-order valence-electron chi connectivity index (χ1n) is 31.5. The Morgan fingerprint density at radius 3 is 1.00 bits per heavy atom. The van der Waals surface area contributed by atoms with E-state index in [4.69, 9.17) is 23.7 Å². The molecule has 15 N–H and O–H groups in total. The van der Waals surface area contributed by atoms with Crippen LogP contribution in [-0.4, -0.2) is 231 Å². The van der Waals surface area contributed by atoms with E-state index in [1.54, 1.807) is 44.2 Å². The molecule has 0 aromatic rings. The second kappa shape index (κ2) is 36.2. The van der Waals surface area contributed by atoms with Gasteiger partial charge >= 0.3 is 29.8 Å². The van der Waals surface area contributed by atoms with Gasteiger partial charge in [0.15, 0.2) is 0 Å². The largest absolute Gasteiger partial charge is 0.459 e. The Hall–Kier alpha value is -6.51. The number of aliphatic hydroxyl groups excluding tert-OH is 7. The summed E-state index contributed by atoms with van der Waals surface area (Å²) in [6.07, 6.45) is 6.68. The van der Waals surface area contributed by atoms with E-state index in [9.17, 15) is 99.3 Å². The molecule has 0 radical (unpaired) electrons. The number of ether oxygens (including phenoxy) is 5. The van der Waals surface area contributed by atoms with Gasteiger partial charge in [-0.2, -0.15) is 0 Å². The summed E-state index contributed by atoms with van der Waals surface area (Å²) in [6.45, 7) is 4.47. The van der Waals surface area contributed by atoms with Gasteiger partial charge in [-0.25, -0.2) is 4.79 Å². The van der Waals surface area contributed by atoms with Crippen LogP contribution in [0, 0.1) is 0 Å². The molecule has 4 fully saturated rings. The Bertz CT molecular complexity index is 2600. The Labute approximate surface area is 533 Å². The number of hydrogen-bond donors (Lipinski definition) is 15. The van der Waals surface area contributed by atoms with Crippen LogP contribution in [-0.2, 0) is 66.8 Å². The molecule has 4 aliphatic heterocycles. The molecule has 4 amide bonds. The number of carbonyl (C=O) groups is 9. The molecule has 8 rings (SSSR count). The predicted octanol–water partition coefficient (Wildman–Crippen LogP) is -1.70. The van der Waals surface area contributed by atoms with Crippen molar-refractivity contribution in [2.75, 3.05) is 26.2 Å². The molecule has 4 saturated carbocycles. The number of rotatable bonds is 2. The highest BCUT2D eigenvalue weighted by atomic mass is 16.6. The number of nitrogens with one attached hydrogen (secondary N) is 4. The first-order chi connectivity index (χ1) is 43.5. The SMILES string of the molecule is CC(C)=CC(=O)O[C@@H]1C[C@]2(O)C[C@@H](OC(=O)CCCC/C=C\CNC2=O)[C@@H]1O.O=C1CC/C=C\CNC(=O)[C@]2(O)C[C@@H](O)[C@@H](O)[C@@H](C2)O1.O=C1CCCC/C=C/CNC(=O)[C@]2(O)C[C@@H](O)[C@@H](O)[C@@H](C2)O1.O=C1CCCC/C=C\CNC(=O)[C@]2(O)C[C@@H](O)[C@@H](O)[C@@H](C2)O1. The van der Waals surface area contributed by atoms with E-state index in [0.717, 1.165) is 38.5 Å². The lowest BCUT2D eigenvalue weighted by atomic mass is 9.78. The third-order valence-corrected chi connectivity index (χ3v) is 16.6. The number of allylic oxidation sites excluding steroid dienone is 5. The van der Waals surface area contributed by atoms with E-state index in [2.05, 4.69) is 21.3 Å². The molecule has 29 heteroatoms. The normalized spacial score (nSPS) is 37.7. The predicted molar refractivity (Wildman–Crippen MR) is 321 cm³/mol. The number of amides is 4. The third kappa shape index (κ3) is 23.5. The Kier molecular flexibility index (Phi) is 30.0. The highest BCUT2D eigenvalue weighted by molar-refractivity contribution is 5.88. The van der Waals surface area contributed by atoms with Gasteiger partial charge in [-0.1, -0.05) is 54.2 Å². The van der Waals surface area contributed by atoms with Crippen molar-refractivity contribution in [3.63, 3.8) is 0 Å². The van der Waals surface area contributed by atoms with E-state index >= 15 is 0 Å². The molecular formula is C63H94N4O25. The molecule has 0 aromatic heterocycles. The maximum absolute atomic E-state index is 12.5. The van der Waals surface area contributed by atoms with E-state index in [-0.39, 0.29) is 103 Å². The molecule has 0 unspecified atom stereocenters. The maximum Gasteiger partial charge on any atom is 0.331 e. The van der Waals surface area contributed by atoms with Crippen molar-refractivity contribution in [3.05, 3.63) is 60.3 Å². The molecule has 0 spiro atoms. The topological polar surface area (TPSA) is 470 Å². The van der Waals surface area contributed by atoms with Crippen molar-refractivity contribution in [2.45, 2.75) is 251 Å². The number of fused-ring (bicyclic) bond motifs is 8. The minimum atomic E-state index is -1.93. The van der Waals surface area contributed by atoms with Crippen LogP contribution < -0.4 is 21.3 Å². The summed E-state index contributed by atoms with van der Waals surface area (Å²) in [5.41, 5.74) is -6.80. The smallest absolute Gasteiger partial charge is 0.331 e. The molecule has 8 aliphatic rings. The van der Waals surface area contributed by atoms with Gasteiger partial charge < -0.3 is 101 Å². The maximum atomic E-state index is 12.5. The summed E-state index contributed by atoms with van der Waals surface area (Å²) in [7, 11) is 0. The summed E-state index contributed by atoms with van der Waals surface area (Å²) >= 11 is 0. The molecule has 29 nitrogen and oxygen atoms in total. The fraction of sp³-hybridized carbons (Fsp3) is 0.698. The zero-order valence-corrected chi connectivity index (χ0v) is 52.1. The number of esters is 5. The first kappa shape index (κ1) is 76.2. The third-order valence-electron chi connectivity index (χ3n) is 16.6. The lowest BCUT2D eigenvalue weighted by Crippen LogP contribution is -2.60. The van der Waals surface area contributed by atoms with Gasteiger partial charge in [0.2, 0.25) is 0 Å². The number of aliphatic hydroxyl groups is 11. The van der Waals surface area contributed by atoms with Crippen LogP contribution in [0.15, 0.2) is 60.3 Å². The first-order valence-corrected chi connectivity index (χ1v) is 31.5. The highest BCUT2D eigenvalue weighted by Crippen LogP contribution is 2.36. The van der Waals surface area contributed by atoms with Gasteiger partial charge in [0.1, 0.15) is 77.3 Å². The van der Waals surface area contributed by atoms with E-state index in [1.807, 2.05) is 18.2 Å². The molecule has 92 heavy (non-hydrogen) atoms. The van der Waals surface area contributed by atoms with E-state index in [0.29, 0.717) is 31.3 Å². The van der Waals surface area contributed by atoms with Gasteiger partial charge in [-0.3, -0.25) is 38.4 Å². The van der Waals surface area contributed by atoms with Crippen LogP contribution in [0.3, 0.4) is 0 Å². The zero-order valence-electron chi connectivity index (χ0n) is 52.1. The Morgan fingerprint density at radius 1 is 0.402 bits per heavy atom. The zero-order chi connectivity index (χ0) is 67.8. The summed E-state index contributed by atoms with van der Waals surface area (Å²) in [5.74, 6) is -5.33. The molecule has 16 atom stereocenters. The quantitative estimate of drug-likeness (QED) is 0.0634. The summed E-state index contributed by atoms with van der Waals surface area (Å²) in [4.78, 5) is 108. The van der Waals surface area contributed by atoms with Gasteiger partial charge in [0.25, 0.3) is 23.6 Å². The van der Waals surface area contributed by atoms with Crippen molar-refractivity contribution < 1.29 is 123 Å². The number of hydrogen-bond acceptors (Lipinski definition) is 25. The van der Waals surface area contributed by atoms with Gasteiger partial charge in [0, 0.05) is 109 Å². The molecular weight excluding hydrogens is 1210 g/mol. The summed E-state index contributed by atoms with van der Waals surface area (Å²) < 4.78 is 26.0. The lowest BCUT2D eigenvalue weighted by molar-refractivity contribution is -0.198. The Balaban J connectivity index is 0.000000224. The summed E-state index contributed by atoms with van der Waals surface area (Å²) in [5, 5.41) is 122. The average Bonchev–Trinajstić information content (AvgIpc) is 0.846. The molecule has 4 heterocycles. The second-order valence-electron chi connectivity index (χ2n) is 24.7. The molecule has 0 saturated heterocycles. The van der Waals surface area contributed by atoms with Crippen LogP contribution in [0.2, 0.25) is 0 Å². The second-order valence-corrected chi connectivity index (χ2v) is 24.7. The average molecular weight is 1310 g/mol. The highest BCUT2D eigenvalue weighted by Gasteiger charge is 2.54. The van der Waals surface area contributed by atoms with Crippen LogP contribution in [0.5, 0.6) is 0 Å². The van der Waals surface area contributed by atoms with Crippen molar-refractivity contribution in [2.24, 2.45) is 0 Å². The minimum absolute atomic E-state index is 0.141. The van der Waals surface area contributed by atoms with Crippen molar-refractivity contribution in [1.29, 1.82) is 0 Å². The van der Waals surface area contributed by atoms with E-state index in [1.165, 1.54) is 6.08 Å². The van der Waals surface area contributed by atoms with E-state index < -0.39 is 149 Å². The molecule has 0 aromatic carbocycles. The molecule has 4 aliphatic carbocycles. The van der Waals surface area contributed by atoms with Crippen LogP contribution in [0.4, 0.5) is 0 Å².